The van der Waals surface area contributed by atoms with E-state index in [-0.39, 0.29) is 11.8 Å². The molecule has 0 aliphatic carbocycles. The van der Waals surface area contributed by atoms with Gasteiger partial charge in [-0.3, -0.25) is 4.79 Å². The maximum Gasteiger partial charge on any atom is 0.228 e. The van der Waals surface area contributed by atoms with Crippen molar-refractivity contribution in [2.75, 3.05) is 18.9 Å². The fraction of sp³-hybridized carbons (Fsp3) is 0.500. The molecule has 1 heterocycles. The molecule has 0 spiro atoms. The smallest absolute Gasteiger partial charge is 0.228 e. The van der Waals surface area contributed by atoms with Crippen LogP contribution in [0.3, 0.4) is 0 Å². The Labute approximate surface area is 88.5 Å². The molecule has 0 fully saturated rings. The predicted octanol–water partition coefficient (Wildman–Crippen LogP) is 1.85. The molecule has 0 aliphatic rings. The molecular formula is C10H16N2OS. The van der Waals surface area contributed by atoms with E-state index in [9.17, 15) is 4.79 Å². The molecule has 0 radical (unpaired) electrons. The van der Waals surface area contributed by atoms with Crippen molar-refractivity contribution in [1.29, 1.82) is 0 Å². The molecule has 78 valence electrons. The largest absolute Gasteiger partial charge is 0.325 e. The predicted molar refractivity (Wildman–Crippen MR) is 60.8 cm³/mol. The van der Waals surface area contributed by atoms with E-state index in [0.29, 0.717) is 6.54 Å². The molecule has 1 atom stereocenters. The van der Waals surface area contributed by atoms with Crippen LogP contribution in [-0.4, -0.2) is 19.5 Å². The molecule has 0 aliphatic heterocycles. The first-order valence-corrected chi connectivity index (χ1v) is 5.57. The van der Waals surface area contributed by atoms with Gasteiger partial charge in [0, 0.05) is 17.8 Å². The van der Waals surface area contributed by atoms with Crippen LogP contribution >= 0.6 is 11.3 Å². The third-order valence-corrected chi connectivity index (χ3v) is 2.93. The lowest BCUT2D eigenvalue weighted by Gasteiger charge is -2.10. The highest BCUT2D eigenvalue weighted by atomic mass is 32.1. The number of rotatable bonds is 4. The zero-order valence-corrected chi connectivity index (χ0v) is 9.57. The van der Waals surface area contributed by atoms with Gasteiger partial charge >= 0.3 is 0 Å². The molecule has 3 nitrogen and oxygen atoms in total. The topological polar surface area (TPSA) is 41.1 Å². The summed E-state index contributed by atoms with van der Waals surface area (Å²) in [5.41, 5.74) is 2.06. The summed E-state index contributed by atoms with van der Waals surface area (Å²) in [6, 6.07) is 0. The maximum absolute atomic E-state index is 11.6. The van der Waals surface area contributed by atoms with Crippen LogP contribution in [-0.2, 0) is 4.79 Å². The minimum absolute atomic E-state index is 0.000648. The van der Waals surface area contributed by atoms with Crippen molar-refractivity contribution < 1.29 is 4.79 Å². The minimum Gasteiger partial charge on any atom is -0.325 e. The fourth-order valence-corrected chi connectivity index (χ4v) is 1.92. The lowest BCUT2D eigenvalue weighted by atomic mass is 10.1. The van der Waals surface area contributed by atoms with Crippen molar-refractivity contribution in [2.45, 2.75) is 13.8 Å². The van der Waals surface area contributed by atoms with Gasteiger partial charge in [0.15, 0.2) is 0 Å². The number of carbonyl (C=O) groups is 1. The number of aryl methyl sites for hydroxylation is 1. The van der Waals surface area contributed by atoms with Gasteiger partial charge < -0.3 is 10.6 Å². The molecular weight excluding hydrogens is 196 g/mol. The van der Waals surface area contributed by atoms with Crippen LogP contribution in [0, 0.1) is 12.8 Å². The highest BCUT2D eigenvalue weighted by Crippen LogP contribution is 2.19. The van der Waals surface area contributed by atoms with Crippen molar-refractivity contribution in [2.24, 2.45) is 5.92 Å². The summed E-state index contributed by atoms with van der Waals surface area (Å²) in [6.45, 7) is 4.61. The number of hydrogen-bond donors (Lipinski definition) is 2. The second kappa shape index (κ2) is 5.12. The van der Waals surface area contributed by atoms with Gasteiger partial charge in [-0.2, -0.15) is 0 Å². The molecule has 1 aromatic rings. The van der Waals surface area contributed by atoms with Gasteiger partial charge in [0.25, 0.3) is 0 Å². The normalized spacial score (nSPS) is 12.5. The zero-order chi connectivity index (χ0) is 10.6. The van der Waals surface area contributed by atoms with Crippen LogP contribution in [0.5, 0.6) is 0 Å². The lowest BCUT2D eigenvalue weighted by Crippen LogP contribution is -2.28. The van der Waals surface area contributed by atoms with E-state index in [4.69, 9.17) is 0 Å². The summed E-state index contributed by atoms with van der Waals surface area (Å²) < 4.78 is 0. The molecule has 1 rings (SSSR count). The third-order valence-electron chi connectivity index (χ3n) is 2.07. The monoisotopic (exact) mass is 212 g/mol. The van der Waals surface area contributed by atoms with Gasteiger partial charge in [0.2, 0.25) is 5.91 Å². The lowest BCUT2D eigenvalue weighted by molar-refractivity contribution is -0.119. The van der Waals surface area contributed by atoms with E-state index in [1.54, 1.807) is 11.3 Å². The highest BCUT2D eigenvalue weighted by Gasteiger charge is 2.12. The first kappa shape index (κ1) is 11.2. The first-order chi connectivity index (χ1) is 6.65. The molecule has 0 saturated carbocycles. The summed E-state index contributed by atoms with van der Waals surface area (Å²) in [6.07, 6.45) is 0. The maximum atomic E-state index is 11.6. The summed E-state index contributed by atoms with van der Waals surface area (Å²) in [5.74, 6) is 0.0696. The minimum atomic E-state index is -0.000648. The summed E-state index contributed by atoms with van der Waals surface area (Å²) in [7, 11) is 1.85. The fourth-order valence-electron chi connectivity index (χ4n) is 1.14. The first-order valence-electron chi connectivity index (χ1n) is 4.63. The van der Waals surface area contributed by atoms with Crippen LogP contribution in [0.1, 0.15) is 12.5 Å². The molecule has 4 heteroatoms. The van der Waals surface area contributed by atoms with Gasteiger partial charge in [-0.05, 0) is 24.9 Å². The van der Waals surface area contributed by atoms with Crippen molar-refractivity contribution in [3.63, 3.8) is 0 Å². The van der Waals surface area contributed by atoms with E-state index in [2.05, 4.69) is 10.6 Å². The second-order valence-electron chi connectivity index (χ2n) is 3.42. The van der Waals surface area contributed by atoms with Crippen molar-refractivity contribution in [3.05, 3.63) is 16.3 Å². The zero-order valence-electron chi connectivity index (χ0n) is 8.76. The summed E-state index contributed by atoms with van der Waals surface area (Å²) >= 11 is 1.60. The number of hydrogen-bond acceptors (Lipinski definition) is 3. The Bertz CT molecular complexity index is 309. The molecule has 2 N–H and O–H groups in total. The Morgan fingerprint density at radius 2 is 2.29 bits per heavy atom. The molecule has 1 unspecified atom stereocenters. The Hall–Kier alpha value is -0.870. The molecule has 1 aromatic heterocycles. The number of thiophene rings is 1. The third kappa shape index (κ3) is 2.82. The van der Waals surface area contributed by atoms with E-state index in [1.807, 2.05) is 31.7 Å². The molecule has 1 amide bonds. The van der Waals surface area contributed by atoms with Crippen LogP contribution in [0.2, 0.25) is 0 Å². The van der Waals surface area contributed by atoms with E-state index >= 15 is 0 Å². The van der Waals surface area contributed by atoms with Crippen LogP contribution in [0.25, 0.3) is 0 Å². The summed E-state index contributed by atoms with van der Waals surface area (Å²) in [5, 5.41) is 9.87. The van der Waals surface area contributed by atoms with Gasteiger partial charge in [-0.15, -0.1) is 11.3 Å². The van der Waals surface area contributed by atoms with Crippen molar-refractivity contribution in [3.8, 4) is 0 Å². The standard InChI is InChI=1S/C10H16N2OS/c1-7(4-11-3)10(13)12-9-6-14-5-8(9)2/h5-7,11H,4H2,1-3H3,(H,12,13). The van der Waals surface area contributed by atoms with Crippen molar-refractivity contribution in [1.82, 2.24) is 5.32 Å². The number of amides is 1. The quantitative estimate of drug-likeness (QED) is 0.799. The Morgan fingerprint density at radius 3 is 2.79 bits per heavy atom. The Morgan fingerprint density at radius 1 is 1.57 bits per heavy atom. The number of carbonyl (C=O) groups excluding carboxylic acids is 1. The van der Waals surface area contributed by atoms with Crippen LogP contribution < -0.4 is 10.6 Å². The summed E-state index contributed by atoms with van der Waals surface area (Å²) in [4.78, 5) is 11.6. The average Bonchev–Trinajstić information content (AvgIpc) is 2.52. The molecule has 0 aromatic carbocycles. The van der Waals surface area contributed by atoms with Gasteiger partial charge in [0.05, 0.1) is 5.69 Å². The van der Waals surface area contributed by atoms with Crippen LogP contribution in [0.4, 0.5) is 5.69 Å². The van der Waals surface area contributed by atoms with E-state index in [0.717, 1.165) is 11.3 Å². The molecule has 0 bridgehead atoms. The van der Waals surface area contributed by atoms with Gasteiger partial charge in [0.1, 0.15) is 0 Å². The number of anilines is 1. The van der Waals surface area contributed by atoms with Gasteiger partial charge in [-0.1, -0.05) is 6.92 Å². The van der Waals surface area contributed by atoms with E-state index < -0.39 is 0 Å². The Kier molecular flexibility index (Phi) is 4.10. The highest BCUT2D eigenvalue weighted by molar-refractivity contribution is 7.08. The molecule has 0 saturated heterocycles. The van der Waals surface area contributed by atoms with Gasteiger partial charge in [-0.25, -0.2) is 0 Å². The second-order valence-corrected chi connectivity index (χ2v) is 4.16. The van der Waals surface area contributed by atoms with E-state index in [1.165, 1.54) is 0 Å². The SMILES string of the molecule is CNCC(C)C(=O)Nc1cscc1C. The van der Waals surface area contributed by atoms with Crippen molar-refractivity contribution >= 4 is 22.9 Å². The average molecular weight is 212 g/mol. The Balaban J connectivity index is 2.53. The molecule has 14 heavy (non-hydrogen) atoms. The number of nitrogens with one attached hydrogen (secondary N) is 2. The van der Waals surface area contributed by atoms with Crippen LogP contribution in [0.15, 0.2) is 10.8 Å².